The number of aromatic nitrogens is 4. The maximum absolute atomic E-state index is 14.3. The van der Waals surface area contributed by atoms with Gasteiger partial charge in [-0.15, -0.1) is 44.6 Å². The number of rotatable bonds is 9. The second-order valence-corrected chi connectivity index (χ2v) is 24.0. The van der Waals surface area contributed by atoms with Gasteiger partial charge in [-0.3, -0.25) is 47.9 Å². The Morgan fingerprint density at radius 3 is 2.27 bits per heavy atom. The third kappa shape index (κ3) is 12.9. The van der Waals surface area contributed by atoms with Gasteiger partial charge in [-0.25, -0.2) is 4.98 Å². The van der Waals surface area contributed by atoms with Gasteiger partial charge in [0.25, 0.3) is 0 Å². The van der Waals surface area contributed by atoms with Crippen molar-refractivity contribution in [2.75, 3.05) is 31.1 Å². The number of aryl methyl sites for hydroxylation is 3. The molecule has 0 radical (unpaired) electrons. The summed E-state index contributed by atoms with van der Waals surface area (Å²) in [5.74, 6) is -4.80. The molecule has 0 bridgehead atoms. The van der Waals surface area contributed by atoms with Gasteiger partial charge in [-0.05, 0) is 81.2 Å². The Balaban J connectivity index is 1.04. The van der Waals surface area contributed by atoms with Crippen LogP contribution in [-0.4, -0.2) is 133 Å². The van der Waals surface area contributed by atoms with E-state index in [9.17, 15) is 38.4 Å². The van der Waals surface area contributed by atoms with Gasteiger partial charge >= 0.3 is 0 Å². The Bertz CT molecular complexity index is 3170. The zero-order valence-corrected chi connectivity index (χ0v) is 47.4. The summed E-state index contributed by atoms with van der Waals surface area (Å²) in [6.07, 6.45) is 0.391. The number of primary amides is 1. The lowest BCUT2D eigenvalue weighted by molar-refractivity contribution is -0.144. The van der Waals surface area contributed by atoms with Gasteiger partial charge in [0.1, 0.15) is 47.1 Å². The van der Waals surface area contributed by atoms with Crippen molar-refractivity contribution in [1.82, 2.24) is 56.5 Å². The molecule has 412 valence electrons. The molecule has 25 heteroatoms. The first-order chi connectivity index (χ1) is 37.1. The molecule has 21 nitrogen and oxygen atoms in total. The lowest BCUT2D eigenvalue weighted by Crippen LogP contribution is -2.58. The lowest BCUT2D eigenvalue weighted by Gasteiger charge is -2.35. The summed E-state index contributed by atoms with van der Waals surface area (Å²) < 4.78 is 1.92. The van der Waals surface area contributed by atoms with E-state index in [0.717, 1.165) is 54.5 Å². The van der Waals surface area contributed by atoms with Crippen LogP contribution in [-0.2, 0) is 38.4 Å². The van der Waals surface area contributed by atoms with Crippen LogP contribution in [0.25, 0.3) is 15.4 Å². The van der Waals surface area contributed by atoms with E-state index in [4.69, 9.17) is 22.3 Å². The monoisotopic (exact) mass is 1140 g/mol. The van der Waals surface area contributed by atoms with E-state index < -0.39 is 95.5 Å². The Kier molecular flexibility index (Phi) is 17.8. The SMILES string of the molecule is Cc1ncsc1-c1ccc([C@@H]2NC(=O)[C@@H]3CCCN3C(=O)[C@H](C(C)(C)C)NC(=O)CSC[C@H](C(N)=O)NC(=O)[C@@H](CCNC(=O)C[C@@H]3N=C(c4ccc(Cl)cc4)c4c(sc(C)c4C)-n4c(C)nnc43)NC(=O)CNC2=O)cc1. The van der Waals surface area contributed by atoms with Gasteiger partial charge < -0.3 is 42.5 Å². The molecule has 3 aromatic heterocycles. The number of thioether (sulfide) groups is 1. The smallest absolute Gasteiger partial charge is 0.247 e. The number of nitrogens with zero attached hydrogens (tertiary/aromatic N) is 6. The Morgan fingerprint density at radius 2 is 1.59 bits per heavy atom. The number of amides is 8. The van der Waals surface area contributed by atoms with Crippen LogP contribution in [0, 0.1) is 33.1 Å². The molecule has 78 heavy (non-hydrogen) atoms. The van der Waals surface area contributed by atoms with Crippen molar-refractivity contribution in [3.63, 3.8) is 0 Å². The molecule has 6 atom stereocenters. The van der Waals surface area contributed by atoms with Crippen LogP contribution < -0.4 is 37.6 Å². The zero-order valence-electron chi connectivity index (χ0n) is 44.2. The maximum Gasteiger partial charge on any atom is 0.247 e. The molecule has 0 unspecified atom stereocenters. The summed E-state index contributed by atoms with van der Waals surface area (Å²) in [5.41, 5.74) is 12.0. The largest absolute Gasteiger partial charge is 0.368 e. The predicted octanol–water partition coefficient (Wildman–Crippen LogP) is 3.83. The fourth-order valence-electron chi connectivity index (χ4n) is 9.52. The molecule has 8 rings (SSSR count). The van der Waals surface area contributed by atoms with Gasteiger partial charge in [0.2, 0.25) is 47.3 Å². The van der Waals surface area contributed by atoms with Gasteiger partial charge in [-0.1, -0.05) is 68.8 Å². The van der Waals surface area contributed by atoms with E-state index in [1.807, 2.05) is 44.4 Å². The number of thiophene rings is 1. The number of aliphatic imine (C=N–C) groups is 1. The molecule has 0 aliphatic carbocycles. The van der Waals surface area contributed by atoms with E-state index in [-0.39, 0.29) is 43.9 Å². The number of hydrogen-bond acceptors (Lipinski definition) is 15. The molecule has 0 spiro atoms. The highest BCUT2D eigenvalue weighted by Gasteiger charge is 2.43. The first-order valence-electron chi connectivity index (χ1n) is 25.4. The third-order valence-corrected chi connectivity index (χ3v) is 17.3. The van der Waals surface area contributed by atoms with Gasteiger partial charge in [0, 0.05) is 39.9 Å². The van der Waals surface area contributed by atoms with Crippen molar-refractivity contribution in [3.05, 3.63) is 104 Å². The molecule has 8 N–H and O–H groups in total. The summed E-state index contributed by atoms with van der Waals surface area (Å²) in [4.78, 5) is 124. The number of benzene rings is 2. The average molecular weight is 1140 g/mol. The van der Waals surface area contributed by atoms with E-state index in [1.54, 1.807) is 74.0 Å². The molecule has 2 aromatic carbocycles. The van der Waals surface area contributed by atoms with Crippen molar-refractivity contribution in [2.24, 2.45) is 16.1 Å². The van der Waals surface area contributed by atoms with Crippen LogP contribution in [0.2, 0.25) is 5.02 Å². The molecular formula is C53H62ClN13O8S3. The van der Waals surface area contributed by atoms with Gasteiger partial charge in [0.05, 0.1) is 40.5 Å². The number of halogens is 1. The van der Waals surface area contributed by atoms with Crippen molar-refractivity contribution < 1.29 is 38.4 Å². The minimum absolute atomic E-state index is 0.158. The summed E-state index contributed by atoms with van der Waals surface area (Å²) in [6.45, 7) is 12.5. The van der Waals surface area contributed by atoms with E-state index >= 15 is 0 Å². The molecule has 3 aliphatic heterocycles. The van der Waals surface area contributed by atoms with Crippen LogP contribution in [0.5, 0.6) is 0 Å². The Labute approximate surface area is 468 Å². The fraction of sp³-hybridized carbons (Fsp3) is 0.434. The number of nitrogens with one attached hydrogen (secondary N) is 6. The van der Waals surface area contributed by atoms with Gasteiger partial charge in [0.15, 0.2) is 5.82 Å². The summed E-state index contributed by atoms with van der Waals surface area (Å²) in [6, 6.07) is 7.27. The summed E-state index contributed by atoms with van der Waals surface area (Å²) >= 11 is 10.3. The molecule has 3 aliphatic rings. The standard InChI is InChI=1S/C53H62ClN13O8S3/c1-26-28(3)78-52-41(26)42(30-14-16-33(54)17-15-30)60-35(47-65-64-29(4)67(47)52)21-38(68)56-19-18-34-48(72)61-36(46(55)71)23-76-24-40(70)62-45(53(5,6)7)51(75)66-20-8-9-37(66)49(73)63-43(50(74)57-22-39(69)59-34)31-10-12-32(13-11-31)44-27(2)58-25-77-44/h10-17,25,34-37,43,45H,8-9,18-24H2,1-7H3,(H2,55,71)(H,56,68)(H,57,74)(H,59,69)(H,61,72)(H,62,70)(H,63,73)/t34-,35+,36-,37+,43+,45-/m1/s1. The summed E-state index contributed by atoms with van der Waals surface area (Å²) in [5, 5.41) is 26.6. The number of nitrogens with two attached hydrogens (primary N) is 1. The molecule has 6 heterocycles. The van der Waals surface area contributed by atoms with Crippen molar-refractivity contribution in [2.45, 2.75) is 110 Å². The Hall–Kier alpha value is -7.02. The highest BCUT2D eigenvalue weighted by Crippen LogP contribution is 2.40. The zero-order chi connectivity index (χ0) is 56.2. The minimum atomic E-state index is -1.40. The van der Waals surface area contributed by atoms with Crippen LogP contribution in [0.15, 0.2) is 59.0 Å². The third-order valence-electron chi connectivity index (χ3n) is 13.8. The molecule has 2 fully saturated rings. The topological polar surface area (TPSA) is 294 Å². The van der Waals surface area contributed by atoms with Crippen LogP contribution in [0.1, 0.15) is 103 Å². The highest BCUT2D eigenvalue weighted by atomic mass is 35.5. The van der Waals surface area contributed by atoms with Gasteiger partial charge in [-0.2, -0.15) is 0 Å². The average Bonchev–Trinajstić information content (AvgIpc) is 4.30. The van der Waals surface area contributed by atoms with Crippen LogP contribution in [0.4, 0.5) is 0 Å². The summed E-state index contributed by atoms with van der Waals surface area (Å²) in [7, 11) is 0. The van der Waals surface area contributed by atoms with E-state index in [1.165, 1.54) is 16.2 Å². The number of carbonyl (C=O) groups excluding carboxylic acids is 8. The highest BCUT2D eigenvalue weighted by molar-refractivity contribution is 8.00. The van der Waals surface area contributed by atoms with Crippen molar-refractivity contribution in [1.29, 1.82) is 0 Å². The predicted molar refractivity (Wildman–Crippen MR) is 298 cm³/mol. The first kappa shape index (κ1) is 57.2. The molecule has 0 saturated carbocycles. The van der Waals surface area contributed by atoms with Crippen LogP contribution >= 0.6 is 46.0 Å². The fourth-order valence-corrected chi connectivity index (χ4v) is 12.5. The van der Waals surface area contributed by atoms with Crippen molar-refractivity contribution >= 4 is 99.0 Å². The Morgan fingerprint density at radius 1 is 0.872 bits per heavy atom. The molecular weight excluding hydrogens is 1080 g/mol. The van der Waals surface area contributed by atoms with Crippen LogP contribution in [0.3, 0.4) is 0 Å². The lowest BCUT2D eigenvalue weighted by atomic mass is 9.85. The van der Waals surface area contributed by atoms with E-state index in [2.05, 4.69) is 47.1 Å². The molecule has 5 aromatic rings. The normalized spacial score (nSPS) is 22.0. The molecule has 8 amide bonds. The second kappa shape index (κ2) is 24.3. The quantitative estimate of drug-likeness (QED) is 0.111. The van der Waals surface area contributed by atoms with E-state index in [0.29, 0.717) is 34.4 Å². The second-order valence-electron chi connectivity index (χ2n) is 20.5. The number of thiazole rings is 1. The minimum Gasteiger partial charge on any atom is -0.368 e. The number of hydrogen-bond donors (Lipinski definition) is 7. The van der Waals surface area contributed by atoms with Crippen molar-refractivity contribution in [3.8, 4) is 15.4 Å². The first-order valence-corrected chi connectivity index (χ1v) is 28.6. The number of carbonyl (C=O) groups is 8. The maximum atomic E-state index is 14.3. The number of fused-ring (bicyclic) bond motifs is 4. The molecule has 2 saturated heterocycles.